The molecule has 0 aliphatic heterocycles. The van der Waals surface area contributed by atoms with Crippen molar-refractivity contribution < 1.29 is 9.59 Å². The number of aromatic nitrogens is 3. The van der Waals surface area contributed by atoms with Crippen molar-refractivity contribution in [2.75, 3.05) is 5.32 Å². The van der Waals surface area contributed by atoms with Gasteiger partial charge in [-0.3, -0.25) is 10.2 Å². The molecule has 0 bridgehead atoms. The van der Waals surface area contributed by atoms with Crippen molar-refractivity contribution in [2.24, 2.45) is 0 Å². The van der Waals surface area contributed by atoms with Gasteiger partial charge in [0.25, 0.3) is 5.91 Å². The minimum Gasteiger partial charge on any atom is -0.307 e. The van der Waals surface area contributed by atoms with Gasteiger partial charge in [0.05, 0.1) is 11.9 Å². The molecular weight excluding hydrogens is 416 g/mol. The highest BCUT2D eigenvalue weighted by Crippen LogP contribution is 2.17. The third-order valence-electron chi connectivity index (χ3n) is 4.35. The average molecular weight is 433 g/mol. The molecule has 0 radical (unpaired) electrons. The quantitative estimate of drug-likeness (QED) is 0.423. The lowest BCUT2D eigenvalue weighted by molar-refractivity contribution is 0.0938. The molecule has 9 heteroatoms. The first-order chi connectivity index (χ1) is 15.1. The molecule has 0 saturated heterocycles. The number of urea groups is 1. The van der Waals surface area contributed by atoms with Gasteiger partial charge in [-0.15, -0.1) is 5.10 Å². The van der Waals surface area contributed by atoms with Crippen LogP contribution in [0.1, 0.15) is 10.4 Å². The molecule has 8 nitrogen and oxygen atoms in total. The number of carbonyl (C=O) groups is 2. The number of hydrazine groups is 1. The second-order valence-electron chi connectivity index (χ2n) is 6.50. The van der Waals surface area contributed by atoms with Gasteiger partial charge in [-0.2, -0.15) is 0 Å². The maximum Gasteiger partial charge on any atom is 0.337 e. The zero-order chi connectivity index (χ0) is 21.6. The smallest absolute Gasteiger partial charge is 0.307 e. The number of anilines is 1. The third kappa shape index (κ3) is 5.06. The van der Waals surface area contributed by atoms with Crippen LogP contribution in [0.25, 0.3) is 16.9 Å². The number of nitrogens with one attached hydrogen (secondary N) is 3. The lowest BCUT2D eigenvalue weighted by Gasteiger charge is -2.09. The molecular formula is C22H17ClN6O2. The number of amides is 3. The van der Waals surface area contributed by atoms with E-state index in [1.807, 2.05) is 36.5 Å². The molecule has 4 rings (SSSR count). The van der Waals surface area contributed by atoms with Gasteiger partial charge >= 0.3 is 6.03 Å². The largest absolute Gasteiger partial charge is 0.337 e. The minimum absolute atomic E-state index is 0.374. The fraction of sp³-hybridized carbons (Fsp3) is 0. The Bertz CT molecular complexity index is 1190. The first kappa shape index (κ1) is 20.1. The molecule has 0 aliphatic carbocycles. The Morgan fingerprint density at radius 2 is 1.55 bits per heavy atom. The summed E-state index contributed by atoms with van der Waals surface area (Å²) >= 11 is 5.80. The molecule has 1 heterocycles. The van der Waals surface area contributed by atoms with Gasteiger partial charge < -0.3 is 5.32 Å². The highest BCUT2D eigenvalue weighted by molar-refractivity contribution is 6.30. The summed E-state index contributed by atoms with van der Waals surface area (Å²) in [6.07, 6.45) is 1.81. The van der Waals surface area contributed by atoms with Crippen molar-refractivity contribution in [2.45, 2.75) is 0 Å². The minimum atomic E-state index is -0.580. The van der Waals surface area contributed by atoms with Crippen molar-refractivity contribution in [3.8, 4) is 16.9 Å². The lowest BCUT2D eigenvalue weighted by atomic mass is 10.2. The van der Waals surface area contributed by atoms with Crippen molar-refractivity contribution in [3.63, 3.8) is 0 Å². The Labute approximate surface area is 182 Å². The molecule has 0 aliphatic rings. The molecule has 3 N–H and O–H groups in total. The maximum absolute atomic E-state index is 12.3. The van der Waals surface area contributed by atoms with E-state index in [-0.39, 0.29) is 0 Å². The Hall–Kier alpha value is -4.17. The van der Waals surface area contributed by atoms with Crippen molar-refractivity contribution in [1.29, 1.82) is 0 Å². The number of carbonyl (C=O) groups excluding carboxylic acids is 2. The summed E-state index contributed by atoms with van der Waals surface area (Å²) in [6, 6.07) is 22.5. The predicted molar refractivity (Wildman–Crippen MR) is 118 cm³/mol. The van der Waals surface area contributed by atoms with Crippen molar-refractivity contribution in [3.05, 3.63) is 95.6 Å². The third-order valence-corrected chi connectivity index (χ3v) is 4.60. The van der Waals surface area contributed by atoms with Crippen LogP contribution in [0.3, 0.4) is 0 Å². The van der Waals surface area contributed by atoms with Crippen LogP contribution in [-0.2, 0) is 0 Å². The number of rotatable bonds is 4. The van der Waals surface area contributed by atoms with E-state index in [0.717, 1.165) is 16.9 Å². The zero-order valence-electron chi connectivity index (χ0n) is 16.1. The molecule has 3 amide bonds. The SMILES string of the molecule is O=C(NNC(=O)c1ccc(-n2cc(-c3ccccc3)nn2)cc1)Nc1ccc(Cl)cc1. The molecule has 1 aromatic heterocycles. The van der Waals surface area contributed by atoms with Crippen LogP contribution < -0.4 is 16.2 Å². The molecule has 3 aromatic carbocycles. The summed E-state index contributed by atoms with van der Waals surface area (Å²) in [7, 11) is 0. The van der Waals surface area contributed by atoms with Crippen molar-refractivity contribution in [1.82, 2.24) is 25.8 Å². The molecule has 0 saturated carbocycles. The normalized spacial score (nSPS) is 10.4. The summed E-state index contributed by atoms with van der Waals surface area (Å²) in [5, 5.41) is 11.5. The Balaban J connectivity index is 1.34. The van der Waals surface area contributed by atoms with Crippen LogP contribution in [0, 0.1) is 0 Å². The van der Waals surface area contributed by atoms with E-state index in [0.29, 0.717) is 16.3 Å². The van der Waals surface area contributed by atoms with E-state index in [2.05, 4.69) is 26.5 Å². The van der Waals surface area contributed by atoms with Crippen LogP contribution in [0.5, 0.6) is 0 Å². The molecule has 0 unspecified atom stereocenters. The van der Waals surface area contributed by atoms with Gasteiger partial charge in [0.15, 0.2) is 0 Å². The van der Waals surface area contributed by atoms with E-state index in [4.69, 9.17) is 11.6 Å². The molecule has 0 atom stereocenters. The van der Waals surface area contributed by atoms with Gasteiger partial charge in [-0.05, 0) is 48.5 Å². The van der Waals surface area contributed by atoms with Crippen LogP contribution in [0.4, 0.5) is 10.5 Å². The Morgan fingerprint density at radius 1 is 0.839 bits per heavy atom. The number of nitrogens with zero attached hydrogens (tertiary/aromatic N) is 3. The standard InChI is InChI=1S/C22H17ClN6O2/c23-17-8-10-18(11-9-17)24-22(31)27-26-21(30)16-6-12-19(13-7-16)29-14-20(25-28-29)15-4-2-1-3-5-15/h1-14H,(H,26,30)(H2,24,27,31). The lowest BCUT2D eigenvalue weighted by Crippen LogP contribution is -2.43. The van der Waals surface area contributed by atoms with E-state index >= 15 is 0 Å². The Morgan fingerprint density at radius 3 is 2.26 bits per heavy atom. The second-order valence-corrected chi connectivity index (χ2v) is 6.94. The van der Waals surface area contributed by atoms with Crippen LogP contribution >= 0.6 is 11.6 Å². The van der Waals surface area contributed by atoms with Gasteiger partial charge in [0, 0.05) is 21.8 Å². The molecule has 0 spiro atoms. The predicted octanol–water partition coefficient (Wildman–Crippen LogP) is 4.05. The number of hydrogen-bond donors (Lipinski definition) is 3. The molecule has 31 heavy (non-hydrogen) atoms. The topological polar surface area (TPSA) is 101 Å². The summed E-state index contributed by atoms with van der Waals surface area (Å²) in [5.74, 6) is -0.457. The summed E-state index contributed by atoms with van der Waals surface area (Å²) in [6.45, 7) is 0. The maximum atomic E-state index is 12.3. The highest BCUT2D eigenvalue weighted by atomic mass is 35.5. The zero-order valence-corrected chi connectivity index (χ0v) is 16.9. The summed E-state index contributed by atoms with van der Waals surface area (Å²) in [4.78, 5) is 24.2. The summed E-state index contributed by atoms with van der Waals surface area (Å²) < 4.78 is 1.63. The fourth-order valence-electron chi connectivity index (χ4n) is 2.78. The van der Waals surface area contributed by atoms with Gasteiger partial charge in [-0.1, -0.05) is 47.1 Å². The monoisotopic (exact) mass is 432 g/mol. The number of halogens is 1. The van der Waals surface area contributed by atoms with Crippen LogP contribution in [0.15, 0.2) is 85.1 Å². The number of benzene rings is 3. The van der Waals surface area contributed by atoms with E-state index in [9.17, 15) is 9.59 Å². The van der Waals surface area contributed by atoms with Gasteiger partial charge in [0.1, 0.15) is 5.69 Å². The van der Waals surface area contributed by atoms with E-state index in [1.54, 1.807) is 53.2 Å². The van der Waals surface area contributed by atoms with Gasteiger partial charge in [-0.25, -0.2) is 14.9 Å². The second kappa shape index (κ2) is 9.10. The fourth-order valence-corrected chi connectivity index (χ4v) is 2.90. The highest BCUT2D eigenvalue weighted by Gasteiger charge is 2.09. The van der Waals surface area contributed by atoms with E-state index in [1.165, 1.54) is 0 Å². The van der Waals surface area contributed by atoms with Crippen LogP contribution in [0.2, 0.25) is 5.02 Å². The molecule has 4 aromatic rings. The van der Waals surface area contributed by atoms with Crippen molar-refractivity contribution >= 4 is 29.2 Å². The van der Waals surface area contributed by atoms with Gasteiger partial charge in [0.2, 0.25) is 0 Å². The van der Waals surface area contributed by atoms with E-state index < -0.39 is 11.9 Å². The summed E-state index contributed by atoms with van der Waals surface area (Å²) in [5.41, 5.74) is 8.04. The Kier molecular flexibility index (Phi) is 5.91. The van der Waals surface area contributed by atoms with Crippen LogP contribution in [-0.4, -0.2) is 26.9 Å². The first-order valence-corrected chi connectivity index (χ1v) is 9.67. The first-order valence-electron chi connectivity index (χ1n) is 9.29. The average Bonchev–Trinajstić information content (AvgIpc) is 3.30. The molecule has 154 valence electrons. The number of hydrogen-bond acceptors (Lipinski definition) is 4. The molecule has 0 fully saturated rings.